The number of pyridine rings is 1. The molecule has 0 radical (unpaired) electrons. The number of carbonyl (C=O) groups is 1. The highest BCUT2D eigenvalue weighted by Crippen LogP contribution is 2.32. The van der Waals surface area contributed by atoms with Gasteiger partial charge in [-0.15, -0.1) is 0 Å². The van der Waals surface area contributed by atoms with Crippen molar-refractivity contribution in [2.45, 2.75) is 20.0 Å². The summed E-state index contributed by atoms with van der Waals surface area (Å²) in [6.07, 6.45) is 3.66. The molecule has 4 aromatic rings. The lowest BCUT2D eigenvalue weighted by Gasteiger charge is -2.26. The Labute approximate surface area is 221 Å². The van der Waals surface area contributed by atoms with Crippen LogP contribution in [-0.4, -0.2) is 87.7 Å². The second kappa shape index (κ2) is 11.6. The van der Waals surface area contributed by atoms with Crippen molar-refractivity contribution < 1.29 is 9.53 Å². The number of aromatic amines is 1. The molecular weight excluding hydrogens is 482 g/mol. The van der Waals surface area contributed by atoms with Crippen LogP contribution in [0.15, 0.2) is 42.7 Å². The number of H-pyrrole nitrogens is 1. The minimum Gasteiger partial charge on any atom is -0.379 e. The van der Waals surface area contributed by atoms with Crippen LogP contribution >= 0.6 is 0 Å². The van der Waals surface area contributed by atoms with Gasteiger partial charge in [0.25, 0.3) is 0 Å². The number of fused-ring (bicyclic) bond motifs is 1. The van der Waals surface area contributed by atoms with Gasteiger partial charge in [-0.2, -0.15) is 0 Å². The fraction of sp³-hybridized carbons (Fsp3) is 0.370. The lowest BCUT2D eigenvalue weighted by atomic mass is 10.0. The number of rotatable bonds is 8. The molecule has 1 aliphatic rings. The van der Waals surface area contributed by atoms with Crippen molar-refractivity contribution in [3.63, 3.8) is 0 Å². The first-order chi connectivity index (χ1) is 18.5. The summed E-state index contributed by atoms with van der Waals surface area (Å²) in [5.74, 6) is 0.939. The molecule has 0 saturated carbocycles. The van der Waals surface area contributed by atoms with Crippen LogP contribution < -0.4 is 10.6 Å². The van der Waals surface area contributed by atoms with Gasteiger partial charge in [-0.1, -0.05) is 6.07 Å². The molecule has 0 unspecified atom stereocenters. The number of morpholine rings is 1. The third kappa shape index (κ3) is 6.13. The predicted molar refractivity (Wildman–Crippen MR) is 147 cm³/mol. The van der Waals surface area contributed by atoms with Crippen molar-refractivity contribution >= 4 is 23.0 Å². The lowest BCUT2D eigenvalue weighted by Crippen LogP contribution is -2.35. The largest absolute Gasteiger partial charge is 0.379 e. The van der Waals surface area contributed by atoms with Gasteiger partial charge in [-0.25, -0.2) is 19.7 Å². The lowest BCUT2D eigenvalue weighted by molar-refractivity contribution is 0.0336. The summed E-state index contributed by atoms with van der Waals surface area (Å²) in [6.45, 7) is 7.24. The normalized spacial score (nSPS) is 14.2. The smallest absolute Gasteiger partial charge is 0.321 e. The molecule has 3 N–H and O–H groups in total. The number of anilines is 1. The second-order valence-electron chi connectivity index (χ2n) is 9.52. The summed E-state index contributed by atoms with van der Waals surface area (Å²) in [6, 6.07) is 9.77. The van der Waals surface area contributed by atoms with E-state index in [2.05, 4.69) is 47.5 Å². The van der Waals surface area contributed by atoms with Crippen LogP contribution in [-0.2, 0) is 17.8 Å². The third-order valence-electron chi connectivity index (χ3n) is 6.24. The van der Waals surface area contributed by atoms with Crippen LogP contribution in [0, 0.1) is 0 Å². The number of imidazole rings is 1. The Bertz CT molecular complexity index is 1400. The monoisotopic (exact) mass is 515 g/mol. The van der Waals surface area contributed by atoms with Crippen molar-refractivity contribution in [3.8, 4) is 22.5 Å². The molecule has 38 heavy (non-hydrogen) atoms. The Morgan fingerprint density at radius 1 is 1.08 bits per heavy atom. The Kier molecular flexibility index (Phi) is 7.87. The van der Waals surface area contributed by atoms with Crippen LogP contribution in [0.4, 0.5) is 10.7 Å². The Balaban J connectivity index is 1.51. The van der Waals surface area contributed by atoms with Crippen molar-refractivity contribution in [1.29, 1.82) is 0 Å². The van der Waals surface area contributed by atoms with Crippen LogP contribution in [0.3, 0.4) is 0 Å². The van der Waals surface area contributed by atoms with Gasteiger partial charge in [-0.05, 0) is 50.8 Å². The first kappa shape index (κ1) is 25.7. The van der Waals surface area contributed by atoms with E-state index >= 15 is 0 Å². The van der Waals surface area contributed by atoms with E-state index in [0.29, 0.717) is 30.4 Å². The van der Waals surface area contributed by atoms with E-state index in [1.807, 2.05) is 45.4 Å². The molecule has 0 atom stereocenters. The molecule has 3 aromatic heterocycles. The van der Waals surface area contributed by atoms with Crippen LogP contribution in [0.1, 0.15) is 18.3 Å². The van der Waals surface area contributed by atoms with E-state index in [4.69, 9.17) is 14.7 Å². The maximum absolute atomic E-state index is 12.1. The standard InChI is InChI=1S/C27H33N9O2/c1-4-28-27(37)34-26-32-23-14-19(18-5-6-20(30-15-18)17-36-9-11-38-12-10-36)13-22(24(23)33-26)25-29-8-7-21(31-25)16-35(2)3/h5-8,13-15H,4,9-12,16-17H2,1-3H3,(H3,28,32,33,34,37). The topological polar surface area (TPSA) is 124 Å². The van der Waals surface area contributed by atoms with Gasteiger partial charge in [0.05, 0.1) is 35.6 Å². The number of ether oxygens (including phenoxy) is 1. The molecule has 4 heterocycles. The maximum atomic E-state index is 12.1. The molecule has 0 spiro atoms. The molecule has 11 heteroatoms. The van der Waals surface area contributed by atoms with Crippen LogP contribution in [0.2, 0.25) is 0 Å². The Hall–Kier alpha value is -3.93. The fourth-order valence-electron chi connectivity index (χ4n) is 4.44. The molecule has 1 aromatic carbocycles. The SMILES string of the molecule is CCNC(=O)Nc1nc2cc(-c3ccc(CN4CCOCC4)nc3)cc(-c3nccc(CN(C)C)n3)c2[nH]1. The Morgan fingerprint density at radius 3 is 2.66 bits per heavy atom. The van der Waals surface area contributed by atoms with Crippen molar-refractivity contribution in [2.24, 2.45) is 0 Å². The minimum atomic E-state index is -0.322. The van der Waals surface area contributed by atoms with E-state index in [1.54, 1.807) is 6.20 Å². The second-order valence-corrected chi connectivity index (χ2v) is 9.52. The average molecular weight is 516 g/mol. The van der Waals surface area contributed by atoms with E-state index < -0.39 is 0 Å². The highest BCUT2D eigenvalue weighted by molar-refractivity contribution is 5.97. The maximum Gasteiger partial charge on any atom is 0.321 e. The summed E-state index contributed by atoms with van der Waals surface area (Å²) in [5.41, 5.74) is 6.08. The third-order valence-corrected chi connectivity index (χ3v) is 6.24. The first-order valence-electron chi connectivity index (χ1n) is 12.8. The van der Waals surface area contributed by atoms with Gasteiger partial charge in [0, 0.05) is 56.2 Å². The van der Waals surface area contributed by atoms with Gasteiger partial charge in [-0.3, -0.25) is 15.2 Å². The molecule has 0 bridgehead atoms. The number of nitrogens with one attached hydrogen (secondary N) is 3. The zero-order valence-electron chi connectivity index (χ0n) is 22.0. The summed E-state index contributed by atoms with van der Waals surface area (Å²) < 4.78 is 5.45. The number of benzene rings is 1. The number of aromatic nitrogens is 5. The van der Waals surface area contributed by atoms with Gasteiger partial charge >= 0.3 is 6.03 Å². The zero-order valence-corrected chi connectivity index (χ0v) is 22.0. The molecule has 1 fully saturated rings. The zero-order chi connectivity index (χ0) is 26.5. The van der Waals surface area contributed by atoms with Gasteiger partial charge < -0.3 is 19.9 Å². The molecule has 5 rings (SSSR count). The van der Waals surface area contributed by atoms with E-state index in [0.717, 1.165) is 66.4 Å². The predicted octanol–water partition coefficient (Wildman–Crippen LogP) is 3.12. The highest BCUT2D eigenvalue weighted by atomic mass is 16.5. The Morgan fingerprint density at radius 2 is 1.92 bits per heavy atom. The average Bonchev–Trinajstić information content (AvgIpc) is 3.31. The first-order valence-corrected chi connectivity index (χ1v) is 12.8. The number of carbonyl (C=O) groups excluding carboxylic acids is 1. The fourth-order valence-corrected chi connectivity index (χ4v) is 4.44. The molecule has 2 amide bonds. The van der Waals surface area contributed by atoms with Crippen LogP contribution in [0.25, 0.3) is 33.5 Å². The quantitative estimate of drug-likeness (QED) is 0.327. The van der Waals surface area contributed by atoms with Crippen LogP contribution in [0.5, 0.6) is 0 Å². The van der Waals surface area contributed by atoms with Crippen molar-refractivity contribution in [2.75, 3.05) is 52.3 Å². The molecule has 0 aliphatic carbocycles. The summed E-state index contributed by atoms with van der Waals surface area (Å²) in [7, 11) is 4.01. The molecule has 1 saturated heterocycles. The summed E-state index contributed by atoms with van der Waals surface area (Å²) in [5, 5.41) is 5.49. The van der Waals surface area contributed by atoms with Crippen molar-refractivity contribution in [1.82, 2.24) is 40.0 Å². The van der Waals surface area contributed by atoms with Gasteiger partial charge in [0.2, 0.25) is 5.95 Å². The van der Waals surface area contributed by atoms with Gasteiger partial charge in [0.15, 0.2) is 5.82 Å². The molecular formula is C27H33N9O2. The minimum absolute atomic E-state index is 0.322. The number of hydrogen-bond acceptors (Lipinski definition) is 8. The number of urea groups is 1. The van der Waals surface area contributed by atoms with E-state index in [9.17, 15) is 4.79 Å². The van der Waals surface area contributed by atoms with E-state index in [1.165, 1.54) is 0 Å². The molecule has 1 aliphatic heterocycles. The molecule has 198 valence electrons. The molecule has 11 nitrogen and oxygen atoms in total. The highest BCUT2D eigenvalue weighted by Gasteiger charge is 2.17. The summed E-state index contributed by atoms with van der Waals surface area (Å²) in [4.78, 5) is 38.5. The number of hydrogen-bond donors (Lipinski definition) is 3. The number of nitrogens with zero attached hydrogens (tertiary/aromatic N) is 6. The van der Waals surface area contributed by atoms with Gasteiger partial charge in [0.1, 0.15) is 0 Å². The number of amides is 2. The van der Waals surface area contributed by atoms with E-state index in [-0.39, 0.29) is 6.03 Å². The van der Waals surface area contributed by atoms with Crippen molar-refractivity contribution in [3.05, 3.63) is 54.1 Å². The summed E-state index contributed by atoms with van der Waals surface area (Å²) >= 11 is 0.